The van der Waals surface area contributed by atoms with Crippen LogP contribution in [0, 0.1) is 0 Å². The summed E-state index contributed by atoms with van der Waals surface area (Å²) in [5.41, 5.74) is 1.14. The summed E-state index contributed by atoms with van der Waals surface area (Å²) in [5.74, 6) is 1.72. The van der Waals surface area contributed by atoms with Crippen molar-refractivity contribution in [2.24, 2.45) is 4.99 Å². The number of nitrogens with one attached hydrogen (secondary N) is 2. The second kappa shape index (κ2) is 10.9. The minimum Gasteiger partial charge on any atom is -0.497 e. The maximum Gasteiger partial charge on any atom is 0.191 e. The number of benzene rings is 1. The second-order valence-corrected chi connectivity index (χ2v) is 5.70. The Hall–Kier alpha value is -1.75. The average molecular weight is 320 g/mol. The molecule has 0 unspecified atom stereocenters. The molecule has 130 valence electrons. The van der Waals surface area contributed by atoms with Gasteiger partial charge in [0.25, 0.3) is 0 Å². The number of hydrogen-bond donors (Lipinski definition) is 2. The van der Waals surface area contributed by atoms with Gasteiger partial charge in [0, 0.05) is 25.7 Å². The Morgan fingerprint density at radius 3 is 2.65 bits per heavy atom. The number of nitrogens with zero attached hydrogens (tertiary/aromatic N) is 2. The molecule has 1 aromatic carbocycles. The van der Waals surface area contributed by atoms with Gasteiger partial charge in [0.05, 0.1) is 13.7 Å². The average Bonchev–Trinajstić information content (AvgIpc) is 2.56. The number of rotatable bonds is 9. The molecule has 0 spiro atoms. The molecule has 0 atom stereocenters. The van der Waals surface area contributed by atoms with E-state index in [1.165, 1.54) is 0 Å². The molecular weight excluding hydrogens is 288 g/mol. The van der Waals surface area contributed by atoms with Crippen LogP contribution in [0.5, 0.6) is 5.75 Å². The Bertz CT molecular complexity index is 474. The van der Waals surface area contributed by atoms with Gasteiger partial charge in [-0.3, -0.25) is 4.90 Å². The van der Waals surface area contributed by atoms with E-state index in [4.69, 9.17) is 4.74 Å². The van der Waals surface area contributed by atoms with E-state index in [0.717, 1.165) is 43.5 Å². The lowest BCUT2D eigenvalue weighted by Crippen LogP contribution is -2.43. The first-order chi connectivity index (χ1) is 11.1. The maximum absolute atomic E-state index is 5.25. The number of guanidine groups is 1. The van der Waals surface area contributed by atoms with Crippen molar-refractivity contribution in [1.29, 1.82) is 0 Å². The van der Waals surface area contributed by atoms with Gasteiger partial charge in [-0.1, -0.05) is 19.1 Å². The first-order valence-electron chi connectivity index (χ1n) is 8.49. The summed E-state index contributed by atoms with van der Waals surface area (Å²) in [6.07, 6.45) is 0. The standard InChI is InChI=1S/C18H32N4O/c1-6-19-18(20-11-12-22(7-2)15(3)4)21-14-16-9-8-10-17(13-16)23-5/h8-10,13,15H,6-7,11-12,14H2,1-5H3,(H2,19,20,21). The van der Waals surface area contributed by atoms with Crippen LogP contribution in [0.1, 0.15) is 33.3 Å². The van der Waals surface area contributed by atoms with Crippen molar-refractivity contribution in [3.8, 4) is 5.75 Å². The van der Waals surface area contributed by atoms with E-state index >= 15 is 0 Å². The largest absolute Gasteiger partial charge is 0.497 e. The molecule has 0 aliphatic rings. The molecule has 0 amide bonds. The van der Waals surface area contributed by atoms with Crippen LogP contribution in [-0.4, -0.2) is 50.2 Å². The lowest BCUT2D eigenvalue weighted by Gasteiger charge is -2.25. The number of hydrogen-bond acceptors (Lipinski definition) is 3. The van der Waals surface area contributed by atoms with Gasteiger partial charge in [0.1, 0.15) is 5.75 Å². The Labute approximate surface area is 141 Å². The SMILES string of the molecule is CCNC(=NCc1cccc(OC)c1)NCCN(CC)C(C)C. The van der Waals surface area contributed by atoms with Crippen LogP contribution in [-0.2, 0) is 6.54 Å². The molecule has 1 rings (SSSR count). The Morgan fingerprint density at radius 2 is 2.04 bits per heavy atom. The third kappa shape index (κ3) is 7.37. The first-order valence-corrected chi connectivity index (χ1v) is 8.49. The summed E-state index contributed by atoms with van der Waals surface area (Å²) in [4.78, 5) is 7.08. The van der Waals surface area contributed by atoms with Gasteiger partial charge in [0.2, 0.25) is 0 Å². The minimum atomic E-state index is 0.568. The predicted molar refractivity (Wildman–Crippen MR) is 98.2 cm³/mol. The van der Waals surface area contributed by atoms with Crippen molar-refractivity contribution in [3.63, 3.8) is 0 Å². The normalized spacial score (nSPS) is 11.9. The molecule has 23 heavy (non-hydrogen) atoms. The van der Waals surface area contributed by atoms with Crippen molar-refractivity contribution >= 4 is 5.96 Å². The molecule has 5 heteroatoms. The minimum absolute atomic E-state index is 0.568. The summed E-state index contributed by atoms with van der Waals surface area (Å²) in [5, 5.41) is 6.70. The summed E-state index contributed by atoms with van der Waals surface area (Å²) in [7, 11) is 1.68. The van der Waals surface area contributed by atoms with E-state index in [9.17, 15) is 0 Å². The molecule has 0 aliphatic heterocycles. The fourth-order valence-corrected chi connectivity index (χ4v) is 2.38. The van der Waals surface area contributed by atoms with Gasteiger partial charge in [-0.25, -0.2) is 4.99 Å². The van der Waals surface area contributed by atoms with E-state index in [-0.39, 0.29) is 0 Å². The lowest BCUT2D eigenvalue weighted by atomic mass is 10.2. The van der Waals surface area contributed by atoms with Gasteiger partial charge < -0.3 is 15.4 Å². The third-order valence-corrected chi connectivity index (χ3v) is 3.73. The van der Waals surface area contributed by atoms with Crippen molar-refractivity contribution in [1.82, 2.24) is 15.5 Å². The summed E-state index contributed by atoms with van der Waals surface area (Å²) < 4.78 is 5.25. The molecule has 5 nitrogen and oxygen atoms in total. The predicted octanol–water partition coefficient (Wildman–Crippen LogP) is 2.48. The van der Waals surface area contributed by atoms with Crippen LogP contribution in [0.15, 0.2) is 29.3 Å². The highest BCUT2D eigenvalue weighted by molar-refractivity contribution is 5.79. The number of likely N-dealkylation sites (N-methyl/N-ethyl adjacent to an activating group) is 1. The molecule has 0 saturated heterocycles. The highest BCUT2D eigenvalue weighted by Crippen LogP contribution is 2.13. The zero-order valence-electron chi connectivity index (χ0n) is 15.2. The highest BCUT2D eigenvalue weighted by atomic mass is 16.5. The molecule has 0 heterocycles. The molecule has 0 bridgehead atoms. The van der Waals surface area contributed by atoms with Crippen LogP contribution >= 0.6 is 0 Å². The molecule has 2 N–H and O–H groups in total. The molecule has 0 fully saturated rings. The van der Waals surface area contributed by atoms with E-state index < -0.39 is 0 Å². The van der Waals surface area contributed by atoms with Gasteiger partial charge in [-0.2, -0.15) is 0 Å². The van der Waals surface area contributed by atoms with Gasteiger partial charge in [-0.05, 0) is 45.0 Å². The van der Waals surface area contributed by atoms with Crippen molar-refractivity contribution in [2.45, 2.75) is 40.3 Å². The van der Waals surface area contributed by atoms with E-state index in [1.54, 1.807) is 7.11 Å². The van der Waals surface area contributed by atoms with Crippen molar-refractivity contribution < 1.29 is 4.74 Å². The Kier molecular flexibility index (Phi) is 9.14. The van der Waals surface area contributed by atoms with Crippen LogP contribution in [0.25, 0.3) is 0 Å². The molecular formula is C18H32N4O. The van der Waals surface area contributed by atoms with Crippen LogP contribution < -0.4 is 15.4 Å². The molecule has 0 aliphatic carbocycles. The van der Waals surface area contributed by atoms with Gasteiger partial charge in [0.15, 0.2) is 5.96 Å². The van der Waals surface area contributed by atoms with E-state index in [0.29, 0.717) is 12.6 Å². The molecule has 1 aromatic rings. The quantitative estimate of drug-likeness (QED) is 0.542. The number of methoxy groups -OCH3 is 1. The van der Waals surface area contributed by atoms with Crippen molar-refractivity contribution in [3.05, 3.63) is 29.8 Å². The zero-order valence-corrected chi connectivity index (χ0v) is 15.2. The van der Waals surface area contributed by atoms with Gasteiger partial charge in [-0.15, -0.1) is 0 Å². The van der Waals surface area contributed by atoms with E-state index in [2.05, 4.69) is 54.3 Å². The third-order valence-electron chi connectivity index (χ3n) is 3.73. The molecule has 0 radical (unpaired) electrons. The fourth-order valence-electron chi connectivity index (χ4n) is 2.38. The summed E-state index contributed by atoms with van der Waals surface area (Å²) in [6, 6.07) is 8.59. The Morgan fingerprint density at radius 1 is 1.26 bits per heavy atom. The molecule has 0 aromatic heterocycles. The fraction of sp³-hybridized carbons (Fsp3) is 0.611. The van der Waals surface area contributed by atoms with Crippen LogP contribution in [0.2, 0.25) is 0 Å². The summed E-state index contributed by atoms with van der Waals surface area (Å²) in [6.45, 7) is 13.2. The lowest BCUT2D eigenvalue weighted by molar-refractivity contribution is 0.237. The van der Waals surface area contributed by atoms with Crippen molar-refractivity contribution in [2.75, 3.05) is 33.3 Å². The van der Waals surface area contributed by atoms with E-state index in [1.807, 2.05) is 18.2 Å². The first kappa shape index (κ1) is 19.3. The van der Waals surface area contributed by atoms with Gasteiger partial charge >= 0.3 is 0 Å². The Balaban J connectivity index is 2.55. The smallest absolute Gasteiger partial charge is 0.191 e. The second-order valence-electron chi connectivity index (χ2n) is 5.70. The van der Waals surface area contributed by atoms with Crippen LogP contribution in [0.4, 0.5) is 0 Å². The maximum atomic E-state index is 5.25. The number of ether oxygens (including phenoxy) is 1. The molecule has 0 saturated carbocycles. The monoisotopic (exact) mass is 320 g/mol. The topological polar surface area (TPSA) is 48.9 Å². The zero-order chi connectivity index (χ0) is 17.1. The highest BCUT2D eigenvalue weighted by Gasteiger charge is 2.06. The number of aliphatic imine (C=N–C) groups is 1. The summed E-state index contributed by atoms with van der Waals surface area (Å²) >= 11 is 0. The van der Waals surface area contributed by atoms with Crippen LogP contribution in [0.3, 0.4) is 0 Å².